The Morgan fingerprint density at radius 3 is 2.71 bits per heavy atom. The number of nitrogens with zero attached hydrogens (tertiary/aromatic N) is 1. The summed E-state index contributed by atoms with van der Waals surface area (Å²) < 4.78 is 0. The summed E-state index contributed by atoms with van der Waals surface area (Å²) in [4.78, 5) is 39.3. The zero-order valence-corrected chi connectivity index (χ0v) is 12.0. The summed E-state index contributed by atoms with van der Waals surface area (Å²) in [5.74, 6) is -0.998. The summed E-state index contributed by atoms with van der Waals surface area (Å²) in [7, 11) is 1.48. The number of imide groups is 1. The number of rotatable bonds is 0. The van der Waals surface area contributed by atoms with E-state index in [1.54, 1.807) is 6.92 Å². The van der Waals surface area contributed by atoms with E-state index in [4.69, 9.17) is 0 Å². The zero-order valence-electron chi connectivity index (χ0n) is 12.0. The van der Waals surface area contributed by atoms with Crippen LogP contribution >= 0.6 is 0 Å². The number of carbonyl (C=O) groups excluding carboxylic acids is 3. The monoisotopic (exact) mass is 284 g/mol. The van der Waals surface area contributed by atoms with E-state index in [9.17, 15) is 14.4 Å². The van der Waals surface area contributed by atoms with Gasteiger partial charge >= 0.3 is 0 Å². The maximum absolute atomic E-state index is 12.9. The van der Waals surface area contributed by atoms with Gasteiger partial charge in [0.05, 0.1) is 5.41 Å². The van der Waals surface area contributed by atoms with Crippen LogP contribution in [0.1, 0.15) is 30.9 Å². The Morgan fingerprint density at radius 2 is 1.95 bits per heavy atom. The van der Waals surface area contributed by atoms with Gasteiger partial charge in [-0.25, -0.2) is 0 Å². The summed E-state index contributed by atoms with van der Waals surface area (Å²) in [6.07, 6.45) is 2.24. The molecule has 0 radical (unpaired) electrons. The van der Waals surface area contributed by atoms with Crippen molar-refractivity contribution in [2.24, 2.45) is 5.41 Å². The van der Waals surface area contributed by atoms with Crippen molar-refractivity contribution in [3.8, 4) is 0 Å². The lowest BCUT2D eigenvalue weighted by Crippen LogP contribution is -2.58. The molecule has 3 aliphatic rings. The molecule has 4 rings (SSSR count). The lowest BCUT2D eigenvalue weighted by Gasteiger charge is -2.46. The number of likely N-dealkylation sites (tertiary alicyclic amines) is 1. The van der Waals surface area contributed by atoms with E-state index in [-0.39, 0.29) is 11.8 Å². The van der Waals surface area contributed by atoms with Crippen molar-refractivity contribution in [2.45, 2.75) is 31.6 Å². The van der Waals surface area contributed by atoms with Crippen LogP contribution in [0.15, 0.2) is 18.2 Å². The number of hydrogen-bond donors (Lipinski definition) is 1. The molecule has 1 aromatic rings. The molecule has 2 atom stereocenters. The molecule has 1 fully saturated rings. The van der Waals surface area contributed by atoms with Gasteiger partial charge in [-0.2, -0.15) is 0 Å². The summed E-state index contributed by atoms with van der Waals surface area (Å²) in [5, 5.41) is 2.84. The molecule has 2 aliphatic heterocycles. The van der Waals surface area contributed by atoms with Crippen molar-refractivity contribution < 1.29 is 14.4 Å². The Morgan fingerprint density at radius 1 is 1.19 bits per heavy atom. The number of benzene rings is 1. The van der Waals surface area contributed by atoms with Crippen molar-refractivity contribution in [3.05, 3.63) is 29.3 Å². The lowest BCUT2D eigenvalue weighted by molar-refractivity contribution is -0.143. The molecule has 3 amide bonds. The number of amides is 3. The quantitative estimate of drug-likeness (QED) is 0.575. The minimum absolute atomic E-state index is 0.238. The smallest absolute Gasteiger partial charge is 0.245 e. The van der Waals surface area contributed by atoms with E-state index >= 15 is 0 Å². The number of likely N-dealkylation sites (N-methyl/N-ethyl adjacent to an activating group) is 1. The van der Waals surface area contributed by atoms with Crippen LogP contribution in [0.2, 0.25) is 0 Å². The topological polar surface area (TPSA) is 66.5 Å². The molecule has 108 valence electrons. The van der Waals surface area contributed by atoms with E-state index in [0.717, 1.165) is 28.9 Å². The Balaban J connectivity index is 2.15. The zero-order chi connectivity index (χ0) is 15.0. The predicted octanol–water partition coefficient (Wildman–Crippen LogP) is 1.22. The van der Waals surface area contributed by atoms with E-state index in [0.29, 0.717) is 12.1 Å². The van der Waals surface area contributed by atoms with Crippen LogP contribution in [0.3, 0.4) is 0 Å². The number of carbonyl (C=O) groups is 3. The summed E-state index contributed by atoms with van der Waals surface area (Å²) >= 11 is 0. The molecular formula is C16H16N2O3. The third-order valence-electron chi connectivity index (χ3n) is 5.53. The van der Waals surface area contributed by atoms with Gasteiger partial charge < -0.3 is 5.32 Å². The van der Waals surface area contributed by atoms with Crippen LogP contribution in [0.5, 0.6) is 0 Å². The molecule has 5 heteroatoms. The largest absolute Gasteiger partial charge is 0.325 e. The van der Waals surface area contributed by atoms with E-state index in [1.807, 2.05) is 18.2 Å². The highest BCUT2D eigenvalue weighted by Crippen LogP contribution is 2.59. The van der Waals surface area contributed by atoms with Gasteiger partial charge in [-0.1, -0.05) is 12.1 Å². The third kappa shape index (κ3) is 1.10. The first-order valence-electron chi connectivity index (χ1n) is 7.21. The number of anilines is 1. The second-order valence-corrected chi connectivity index (χ2v) is 6.35. The summed E-state index contributed by atoms with van der Waals surface area (Å²) in [6.45, 7) is 1.62. The average Bonchev–Trinajstić information content (AvgIpc) is 2.63. The Labute approximate surface area is 122 Å². The average molecular weight is 284 g/mol. The molecule has 2 heterocycles. The molecule has 1 saturated heterocycles. The molecule has 1 N–H and O–H groups in total. The molecule has 1 aromatic carbocycles. The minimum atomic E-state index is -1.33. The Bertz CT molecular complexity index is 726. The van der Waals surface area contributed by atoms with Gasteiger partial charge in [0.2, 0.25) is 17.7 Å². The fraction of sp³-hybridized carbons (Fsp3) is 0.438. The number of nitrogens with one attached hydrogen (secondary N) is 1. The highest BCUT2D eigenvalue weighted by atomic mass is 16.2. The van der Waals surface area contributed by atoms with Crippen molar-refractivity contribution in [3.63, 3.8) is 0 Å². The Hall–Kier alpha value is -2.17. The minimum Gasteiger partial charge on any atom is -0.325 e. The second kappa shape index (κ2) is 3.53. The predicted molar refractivity (Wildman–Crippen MR) is 75.6 cm³/mol. The molecule has 0 aromatic heterocycles. The fourth-order valence-electron chi connectivity index (χ4n) is 4.45. The molecule has 5 nitrogen and oxygen atoms in total. The van der Waals surface area contributed by atoms with E-state index < -0.39 is 16.7 Å². The number of hydrogen-bond acceptors (Lipinski definition) is 3. The first-order chi connectivity index (χ1) is 9.94. The van der Waals surface area contributed by atoms with Gasteiger partial charge in [0.1, 0.15) is 5.41 Å². The second-order valence-electron chi connectivity index (χ2n) is 6.35. The van der Waals surface area contributed by atoms with Crippen molar-refractivity contribution in [1.82, 2.24) is 4.90 Å². The van der Waals surface area contributed by atoms with Gasteiger partial charge in [-0.15, -0.1) is 0 Å². The molecule has 1 aliphatic carbocycles. The van der Waals surface area contributed by atoms with Crippen LogP contribution < -0.4 is 5.32 Å². The maximum atomic E-state index is 12.9. The van der Waals surface area contributed by atoms with Crippen molar-refractivity contribution in [2.75, 3.05) is 12.4 Å². The first kappa shape index (κ1) is 12.6. The van der Waals surface area contributed by atoms with Crippen molar-refractivity contribution in [1.29, 1.82) is 0 Å². The normalized spacial score (nSPS) is 33.6. The van der Waals surface area contributed by atoms with E-state index in [2.05, 4.69) is 5.32 Å². The molecular weight excluding hydrogens is 268 g/mol. The van der Waals surface area contributed by atoms with E-state index in [1.165, 1.54) is 7.05 Å². The SMILES string of the molecule is CN1C(=O)C2(C)C(=O)Nc3cccc4c3C2(CCC4)C1=O. The molecule has 21 heavy (non-hydrogen) atoms. The van der Waals surface area contributed by atoms with Crippen molar-refractivity contribution >= 4 is 23.4 Å². The summed E-state index contributed by atoms with van der Waals surface area (Å²) in [5.41, 5.74) is 0.266. The van der Waals surface area contributed by atoms with Crippen LogP contribution in [-0.4, -0.2) is 29.7 Å². The van der Waals surface area contributed by atoms with Crippen LogP contribution in [0.25, 0.3) is 0 Å². The standard InChI is InChI=1S/C16H16N2O3/c1-15-12(19)17-10-7-3-5-9-6-4-8-16(15,11(9)10)14(21)18(2)13(15)20/h3,5,7H,4,6,8H2,1-2H3,(H,17,19). The van der Waals surface area contributed by atoms with Crippen LogP contribution in [0.4, 0.5) is 5.69 Å². The molecule has 2 unspecified atom stereocenters. The molecule has 1 spiro atoms. The highest BCUT2D eigenvalue weighted by Gasteiger charge is 2.73. The highest BCUT2D eigenvalue weighted by molar-refractivity contribution is 6.26. The van der Waals surface area contributed by atoms with Gasteiger partial charge in [-0.05, 0) is 43.4 Å². The molecule has 0 bridgehead atoms. The van der Waals surface area contributed by atoms with Crippen LogP contribution in [-0.2, 0) is 26.2 Å². The number of aryl methyl sites for hydroxylation is 1. The van der Waals surface area contributed by atoms with Crippen LogP contribution in [0, 0.1) is 5.41 Å². The molecule has 0 saturated carbocycles. The first-order valence-corrected chi connectivity index (χ1v) is 7.21. The summed E-state index contributed by atoms with van der Waals surface area (Å²) in [6, 6.07) is 5.70. The van der Waals surface area contributed by atoms with Gasteiger partial charge in [-0.3, -0.25) is 19.3 Å². The third-order valence-corrected chi connectivity index (χ3v) is 5.53. The fourth-order valence-corrected chi connectivity index (χ4v) is 4.45. The van der Waals surface area contributed by atoms with Gasteiger partial charge in [0.15, 0.2) is 0 Å². The maximum Gasteiger partial charge on any atom is 0.245 e. The lowest BCUT2D eigenvalue weighted by atomic mass is 9.54. The Kier molecular flexibility index (Phi) is 2.11. The van der Waals surface area contributed by atoms with Gasteiger partial charge in [0, 0.05) is 12.7 Å². The van der Waals surface area contributed by atoms with Gasteiger partial charge in [0.25, 0.3) is 0 Å².